The van der Waals surface area contributed by atoms with Gasteiger partial charge in [-0.2, -0.15) is 13.2 Å². The van der Waals surface area contributed by atoms with Crippen molar-refractivity contribution in [3.63, 3.8) is 0 Å². The molecule has 0 spiro atoms. The first kappa shape index (κ1) is 14.4. The molecule has 2 aromatic rings. The fourth-order valence-corrected chi connectivity index (χ4v) is 2.28. The molecule has 0 atom stereocenters. The number of rotatable bonds is 3. The first-order valence-corrected chi connectivity index (χ1v) is 6.27. The minimum absolute atomic E-state index is 0.0226. The number of aromatic nitrogens is 3. The van der Waals surface area contributed by atoms with E-state index >= 15 is 0 Å². The standard InChI is InChI=1S/C11H8F3N3O2S/c1-2-19-10(18)6-7(11(12,13)14)17-9(20-6)8-15-4-3-5-16-8/h3-5H,2H2,1H3. The molecule has 0 unspecified atom stereocenters. The van der Waals surface area contributed by atoms with E-state index in [1.54, 1.807) is 0 Å². The second-order valence-electron chi connectivity index (χ2n) is 3.49. The SMILES string of the molecule is CCOC(=O)c1sc(-c2ncccn2)nc1C(F)(F)F. The fraction of sp³-hybridized carbons (Fsp3) is 0.273. The lowest BCUT2D eigenvalue weighted by atomic mass is 10.3. The zero-order chi connectivity index (χ0) is 14.8. The normalized spacial score (nSPS) is 11.4. The molecule has 0 saturated carbocycles. The van der Waals surface area contributed by atoms with Gasteiger partial charge in [-0.15, -0.1) is 11.3 Å². The smallest absolute Gasteiger partial charge is 0.435 e. The summed E-state index contributed by atoms with van der Waals surface area (Å²) in [5.74, 6) is -1.03. The van der Waals surface area contributed by atoms with Gasteiger partial charge in [0.2, 0.25) is 0 Å². The number of halogens is 3. The van der Waals surface area contributed by atoms with Gasteiger partial charge in [0, 0.05) is 12.4 Å². The van der Waals surface area contributed by atoms with Crippen LogP contribution in [0, 0.1) is 0 Å². The number of nitrogens with zero attached hydrogens (tertiary/aromatic N) is 3. The zero-order valence-electron chi connectivity index (χ0n) is 10.1. The summed E-state index contributed by atoms with van der Waals surface area (Å²) in [6, 6.07) is 1.52. The molecule has 2 rings (SSSR count). The number of ether oxygens (including phenoxy) is 1. The number of alkyl halides is 3. The first-order valence-electron chi connectivity index (χ1n) is 5.46. The average molecular weight is 303 g/mol. The lowest BCUT2D eigenvalue weighted by Gasteiger charge is -2.04. The highest BCUT2D eigenvalue weighted by Gasteiger charge is 2.40. The molecule has 0 aliphatic rings. The molecule has 2 aromatic heterocycles. The highest BCUT2D eigenvalue weighted by atomic mass is 32.1. The zero-order valence-corrected chi connectivity index (χ0v) is 11.0. The van der Waals surface area contributed by atoms with Crippen LogP contribution < -0.4 is 0 Å². The number of thiazole rings is 1. The molecular weight excluding hydrogens is 295 g/mol. The van der Waals surface area contributed by atoms with Crippen LogP contribution in [0.5, 0.6) is 0 Å². The van der Waals surface area contributed by atoms with Crippen molar-refractivity contribution in [2.24, 2.45) is 0 Å². The van der Waals surface area contributed by atoms with Crippen LogP contribution in [0.2, 0.25) is 0 Å². The Hall–Kier alpha value is -2.03. The summed E-state index contributed by atoms with van der Waals surface area (Å²) in [6.45, 7) is 1.48. The summed E-state index contributed by atoms with van der Waals surface area (Å²) in [5, 5.41) is -0.0824. The first-order chi connectivity index (χ1) is 9.43. The summed E-state index contributed by atoms with van der Waals surface area (Å²) in [6.07, 6.45) is -1.99. The summed E-state index contributed by atoms with van der Waals surface area (Å²) < 4.78 is 43.2. The molecule has 20 heavy (non-hydrogen) atoms. The minimum atomic E-state index is -4.74. The molecule has 0 aromatic carbocycles. The van der Waals surface area contributed by atoms with Gasteiger partial charge >= 0.3 is 12.1 Å². The van der Waals surface area contributed by atoms with Gasteiger partial charge in [-0.3, -0.25) is 0 Å². The minimum Gasteiger partial charge on any atom is -0.462 e. The number of esters is 1. The number of carbonyl (C=O) groups excluding carboxylic acids is 1. The average Bonchev–Trinajstić information content (AvgIpc) is 2.85. The molecular formula is C11H8F3N3O2S. The fourth-order valence-electron chi connectivity index (χ4n) is 1.35. The Morgan fingerprint density at radius 1 is 1.35 bits per heavy atom. The molecule has 0 radical (unpaired) electrons. The monoisotopic (exact) mass is 303 g/mol. The van der Waals surface area contributed by atoms with Crippen LogP contribution >= 0.6 is 11.3 Å². The highest BCUT2D eigenvalue weighted by molar-refractivity contribution is 7.17. The van der Waals surface area contributed by atoms with Crippen LogP contribution in [0.1, 0.15) is 22.3 Å². The quantitative estimate of drug-likeness (QED) is 0.816. The van der Waals surface area contributed by atoms with Crippen molar-refractivity contribution >= 4 is 17.3 Å². The van der Waals surface area contributed by atoms with Crippen LogP contribution in [0.25, 0.3) is 10.8 Å². The lowest BCUT2D eigenvalue weighted by molar-refractivity contribution is -0.141. The summed E-state index contributed by atoms with van der Waals surface area (Å²) in [4.78, 5) is 22.0. The van der Waals surface area contributed by atoms with Crippen LogP contribution in [0.4, 0.5) is 13.2 Å². The van der Waals surface area contributed by atoms with E-state index in [9.17, 15) is 18.0 Å². The lowest BCUT2D eigenvalue weighted by Crippen LogP contribution is -2.13. The van der Waals surface area contributed by atoms with Crippen molar-refractivity contribution in [1.29, 1.82) is 0 Å². The Balaban J connectivity index is 2.50. The maximum absolute atomic E-state index is 12.9. The molecule has 0 aliphatic heterocycles. The van der Waals surface area contributed by atoms with Crippen molar-refractivity contribution in [3.05, 3.63) is 29.0 Å². The molecule has 0 N–H and O–H groups in total. The molecule has 5 nitrogen and oxygen atoms in total. The third-order valence-electron chi connectivity index (χ3n) is 2.11. The number of carbonyl (C=O) groups is 1. The van der Waals surface area contributed by atoms with E-state index in [0.29, 0.717) is 11.3 Å². The number of hydrogen-bond acceptors (Lipinski definition) is 6. The molecule has 0 aliphatic carbocycles. The topological polar surface area (TPSA) is 65.0 Å². The van der Waals surface area contributed by atoms with Crippen molar-refractivity contribution in [2.75, 3.05) is 6.61 Å². The van der Waals surface area contributed by atoms with Gasteiger partial charge in [0.25, 0.3) is 0 Å². The number of hydrogen-bond donors (Lipinski definition) is 0. The van der Waals surface area contributed by atoms with Crippen LogP contribution in [-0.4, -0.2) is 27.5 Å². The Kier molecular flexibility index (Phi) is 3.98. The Morgan fingerprint density at radius 3 is 2.55 bits per heavy atom. The second-order valence-corrected chi connectivity index (χ2v) is 4.49. The Morgan fingerprint density at radius 2 is 2.00 bits per heavy atom. The van der Waals surface area contributed by atoms with E-state index in [-0.39, 0.29) is 17.4 Å². The largest absolute Gasteiger partial charge is 0.462 e. The van der Waals surface area contributed by atoms with Gasteiger partial charge in [-0.05, 0) is 13.0 Å². The second kappa shape index (κ2) is 5.53. The maximum Gasteiger partial charge on any atom is 0.435 e. The molecule has 0 bridgehead atoms. The Labute approximate surface area is 115 Å². The van der Waals surface area contributed by atoms with E-state index in [4.69, 9.17) is 0 Å². The van der Waals surface area contributed by atoms with E-state index in [2.05, 4.69) is 19.7 Å². The van der Waals surface area contributed by atoms with Crippen LogP contribution in [0.3, 0.4) is 0 Å². The molecule has 106 valence electrons. The van der Waals surface area contributed by atoms with Crippen molar-refractivity contribution in [3.8, 4) is 10.8 Å². The summed E-state index contributed by atoms with van der Waals surface area (Å²) in [7, 11) is 0. The van der Waals surface area contributed by atoms with Crippen LogP contribution in [-0.2, 0) is 10.9 Å². The maximum atomic E-state index is 12.9. The predicted octanol–water partition coefficient (Wildman–Crippen LogP) is 2.80. The Bertz CT molecular complexity index is 613. The van der Waals surface area contributed by atoms with Crippen molar-refractivity contribution < 1.29 is 22.7 Å². The van der Waals surface area contributed by atoms with Gasteiger partial charge < -0.3 is 4.74 Å². The molecule has 2 heterocycles. The van der Waals surface area contributed by atoms with E-state index < -0.39 is 22.7 Å². The van der Waals surface area contributed by atoms with E-state index in [1.165, 1.54) is 25.4 Å². The molecule has 9 heteroatoms. The van der Waals surface area contributed by atoms with Crippen molar-refractivity contribution in [1.82, 2.24) is 15.0 Å². The van der Waals surface area contributed by atoms with Gasteiger partial charge in [0.05, 0.1) is 6.61 Å². The molecule has 0 saturated heterocycles. The van der Waals surface area contributed by atoms with Gasteiger partial charge in [-0.1, -0.05) is 0 Å². The summed E-state index contributed by atoms with van der Waals surface area (Å²) >= 11 is 0.557. The third-order valence-corrected chi connectivity index (χ3v) is 3.14. The third kappa shape index (κ3) is 2.93. The van der Waals surface area contributed by atoms with Gasteiger partial charge in [0.15, 0.2) is 16.5 Å². The van der Waals surface area contributed by atoms with Crippen molar-refractivity contribution in [2.45, 2.75) is 13.1 Å². The highest BCUT2D eigenvalue weighted by Crippen LogP contribution is 2.37. The van der Waals surface area contributed by atoms with E-state index in [0.717, 1.165) is 0 Å². The van der Waals surface area contributed by atoms with Gasteiger partial charge in [0.1, 0.15) is 4.88 Å². The molecule has 0 amide bonds. The van der Waals surface area contributed by atoms with E-state index in [1.807, 2.05) is 0 Å². The summed E-state index contributed by atoms with van der Waals surface area (Å²) in [5.41, 5.74) is -1.27. The van der Waals surface area contributed by atoms with Gasteiger partial charge in [-0.25, -0.2) is 19.7 Å². The van der Waals surface area contributed by atoms with Crippen LogP contribution in [0.15, 0.2) is 18.5 Å². The molecule has 0 fully saturated rings. The predicted molar refractivity (Wildman–Crippen MR) is 64.1 cm³/mol.